The Morgan fingerprint density at radius 2 is 1.96 bits per heavy atom. The molecular weight excluding hydrogens is 316 g/mol. The number of aryl methyl sites for hydroxylation is 1. The zero-order valence-electron chi connectivity index (χ0n) is 15.7. The number of hydrogen-bond acceptors (Lipinski definition) is 3. The summed E-state index contributed by atoms with van der Waals surface area (Å²) in [7, 11) is 0. The lowest BCUT2D eigenvalue weighted by molar-refractivity contribution is -0.143. The van der Waals surface area contributed by atoms with E-state index in [2.05, 4.69) is 5.32 Å². The molecule has 1 heterocycles. The number of aliphatic hydroxyl groups excluding tert-OH is 1. The summed E-state index contributed by atoms with van der Waals surface area (Å²) in [6.45, 7) is 8.81. The van der Waals surface area contributed by atoms with Crippen LogP contribution in [0.1, 0.15) is 50.8 Å². The summed E-state index contributed by atoms with van der Waals surface area (Å²) >= 11 is 0. The van der Waals surface area contributed by atoms with Crippen molar-refractivity contribution in [1.82, 2.24) is 10.2 Å². The highest BCUT2D eigenvalue weighted by atomic mass is 16.3. The van der Waals surface area contributed by atoms with Gasteiger partial charge in [0.05, 0.1) is 12.0 Å². The van der Waals surface area contributed by atoms with Crippen LogP contribution in [0.25, 0.3) is 0 Å². The van der Waals surface area contributed by atoms with Crippen molar-refractivity contribution in [2.75, 3.05) is 19.7 Å². The maximum absolute atomic E-state index is 12.8. The molecule has 2 N–H and O–H groups in total. The van der Waals surface area contributed by atoms with Gasteiger partial charge in [-0.05, 0) is 25.8 Å². The van der Waals surface area contributed by atoms with Gasteiger partial charge in [0.15, 0.2) is 0 Å². The van der Waals surface area contributed by atoms with Crippen LogP contribution in [0.5, 0.6) is 0 Å². The average molecular weight is 346 g/mol. The Morgan fingerprint density at radius 3 is 2.52 bits per heavy atom. The van der Waals surface area contributed by atoms with Crippen LogP contribution in [0, 0.1) is 18.3 Å². The van der Waals surface area contributed by atoms with Gasteiger partial charge in [0.2, 0.25) is 11.8 Å². The number of nitrogens with zero attached hydrogens (tertiary/aromatic N) is 1. The molecule has 1 aromatic carbocycles. The van der Waals surface area contributed by atoms with Gasteiger partial charge in [-0.15, -0.1) is 0 Å². The number of hydrogen-bond donors (Lipinski definition) is 2. The van der Waals surface area contributed by atoms with Crippen LogP contribution < -0.4 is 5.32 Å². The van der Waals surface area contributed by atoms with Gasteiger partial charge < -0.3 is 15.3 Å². The van der Waals surface area contributed by atoms with Gasteiger partial charge in [-0.3, -0.25) is 9.59 Å². The zero-order valence-corrected chi connectivity index (χ0v) is 15.7. The Labute approximate surface area is 150 Å². The Bertz CT molecular complexity index is 610. The molecule has 0 aliphatic carbocycles. The van der Waals surface area contributed by atoms with Crippen LogP contribution in [0.2, 0.25) is 0 Å². The third kappa shape index (κ3) is 4.60. The molecule has 0 unspecified atom stereocenters. The van der Waals surface area contributed by atoms with E-state index in [1.54, 1.807) is 0 Å². The Balaban J connectivity index is 2.25. The second-order valence-electron chi connectivity index (χ2n) is 7.72. The van der Waals surface area contributed by atoms with E-state index in [-0.39, 0.29) is 35.8 Å². The summed E-state index contributed by atoms with van der Waals surface area (Å²) in [5.74, 6) is -0.208. The van der Waals surface area contributed by atoms with E-state index in [0.717, 1.165) is 11.1 Å². The molecule has 25 heavy (non-hydrogen) atoms. The van der Waals surface area contributed by atoms with Crippen LogP contribution in [0.15, 0.2) is 24.3 Å². The minimum absolute atomic E-state index is 0.0128. The number of carbonyl (C=O) groups is 2. The predicted octanol–water partition coefficient (Wildman–Crippen LogP) is 2.43. The maximum atomic E-state index is 12.8. The molecule has 2 atom stereocenters. The van der Waals surface area contributed by atoms with E-state index in [1.807, 2.05) is 56.9 Å². The average Bonchev–Trinajstić information content (AvgIpc) is 2.60. The number of nitrogens with one attached hydrogen (secondary N) is 1. The van der Waals surface area contributed by atoms with Crippen molar-refractivity contribution >= 4 is 11.8 Å². The van der Waals surface area contributed by atoms with Crippen LogP contribution in [0.3, 0.4) is 0 Å². The van der Waals surface area contributed by atoms with E-state index in [4.69, 9.17) is 0 Å². The van der Waals surface area contributed by atoms with Gasteiger partial charge >= 0.3 is 0 Å². The van der Waals surface area contributed by atoms with Crippen LogP contribution >= 0.6 is 0 Å². The topological polar surface area (TPSA) is 69.6 Å². The largest absolute Gasteiger partial charge is 0.396 e. The molecule has 5 nitrogen and oxygen atoms in total. The SMILES string of the molecule is CCN1C(=O)CC[C@@H](C(=O)NCC(C)(C)CO)[C@@H]1c1ccc(C)cc1. The van der Waals surface area contributed by atoms with Crippen molar-refractivity contribution in [3.05, 3.63) is 35.4 Å². The van der Waals surface area contributed by atoms with Crippen molar-refractivity contribution in [2.24, 2.45) is 11.3 Å². The maximum Gasteiger partial charge on any atom is 0.225 e. The minimum atomic E-state index is -0.357. The van der Waals surface area contributed by atoms with Gasteiger partial charge in [0.25, 0.3) is 0 Å². The van der Waals surface area contributed by atoms with E-state index in [0.29, 0.717) is 25.9 Å². The van der Waals surface area contributed by atoms with E-state index >= 15 is 0 Å². The first-order chi connectivity index (χ1) is 11.8. The van der Waals surface area contributed by atoms with Crippen LogP contribution in [-0.4, -0.2) is 41.5 Å². The molecule has 0 aromatic heterocycles. The molecule has 1 saturated heterocycles. The van der Waals surface area contributed by atoms with Crippen LogP contribution in [-0.2, 0) is 9.59 Å². The summed E-state index contributed by atoms with van der Waals surface area (Å²) in [5, 5.41) is 12.4. The fraction of sp³-hybridized carbons (Fsp3) is 0.600. The molecule has 0 radical (unpaired) electrons. The minimum Gasteiger partial charge on any atom is -0.396 e. The van der Waals surface area contributed by atoms with Crippen molar-refractivity contribution in [1.29, 1.82) is 0 Å². The highest BCUT2D eigenvalue weighted by Crippen LogP contribution is 2.37. The molecule has 2 amide bonds. The van der Waals surface area contributed by atoms with Gasteiger partial charge in [-0.25, -0.2) is 0 Å². The molecule has 2 rings (SSSR count). The number of piperidine rings is 1. The Morgan fingerprint density at radius 1 is 1.32 bits per heavy atom. The molecule has 5 heteroatoms. The van der Waals surface area contributed by atoms with Crippen molar-refractivity contribution in [3.63, 3.8) is 0 Å². The second-order valence-corrected chi connectivity index (χ2v) is 7.72. The Kier molecular flexibility index (Phi) is 6.22. The summed E-state index contributed by atoms with van der Waals surface area (Å²) < 4.78 is 0. The van der Waals surface area contributed by atoms with Crippen molar-refractivity contribution < 1.29 is 14.7 Å². The normalized spacial score (nSPS) is 21.3. The van der Waals surface area contributed by atoms with Gasteiger partial charge in [-0.2, -0.15) is 0 Å². The molecule has 1 aliphatic rings. The fourth-order valence-corrected chi connectivity index (χ4v) is 3.29. The smallest absolute Gasteiger partial charge is 0.225 e. The number of likely N-dealkylation sites (tertiary alicyclic amines) is 1. The van der Waals surface area contributed by atoms with E-state index < -0.39 is 0 Å². The van der Waals surface area contributed by atoms with Gasteiger partial charge in [0.1, 0.15) is 0 Å². The first-order valence-electron chi connectivity index (χ1n) is 9.03. The number of rotatable bonds is 6. The van der Waals surface area contributed by atoms with Gasteiger partial charge in [-0.1, -0.05) is 43.7 Å². The van der Waals surface area contributed by atoms with E-state index in [1.165, 1.54) is 0 Å². The highest BCUT2D eigenvalue weighted by molar-refractivity contribution is 5.85. The molecule has 1 aliphatic heterocycles. The summed E-state index contributed by atoms with van der Waals surface area (Å²) in [6.07, 6.45) is 0.955. The summed E-state index contributed by atoms with van der Waals surface area (Å²) in [4.78, 5) is 27.0. The van der Waals surface area contributed by atoms with Crippen molar-refractivity contribution in [3.8, 4) is 0 Å². The molecule has 1 fully saturated rings. The Hall–Kier alpha value is -1.88. The quantitative estimate of drug-likeness (QED) is 0.831. The molecule has 1 aromatic rings. The lowest BCUT2D eigenvalue weighted by atomic mass is 9.83. The summed E-state index contributed by atoms with van der Waals surface area (Å²) in [6, 6.07) is 7.83. The zero-order chi connectivity index (χ0) is 18.6. The second kappa shape index (κ2) is 8.00. The molecule has 0 saturated carbocycles. The molecule has 138 valence electrons. The lowest BCUT2D eigenvalue weighted by Crippen LogP contribution is -2.49. The third-order valence-electron chi connectivity index (χ3n) is 4.97. The molecule has 0 bridgehead atoms. The van der Waals surface area contributed by atoms with E-state index in [9.17, 15) is 14.7 Å². The standard InChI is InChI=1S/C20H30N2O3/c1-5-22-17(24)11-10-16(19(25)21-12-20(3,4)13-23)18(22)15-8-6-14(2)7-9-15/h6-9,16,18,23H,5,10-13H2,1-4H3,(H,21,25)/t16-,18+/m1/s1. The fourth-order valence-electron chi connectivity index (χ4n) is 3.29. The predicted molar refractivity (Wildman–Crippen MR) is 97.9 cm³/mol. The molecule has 0 spiro atoms. The first-order valence-corrected chi connectivity index (χ1v) is 9.03. The third-order valence-corrected chi connectivity index (χ3v) is 4.97. The number of aliphatic hydroxyl groups is 1. The monoisotopic (exact) mass is 346 g/mol. The first kappa shape index (κ1) is 19.4. The van der Waals surface area contributed by atoms with Crippen molar-refractivity contribution in [2.45, 2.75) is 46.6 Å². The number of carbonyl (C=O) groups excluding carboxylic acids is 2. The molecular formula is C20H30N2O3. The lowest BCUT2D eigenvalue weighted by Gasteiger charge is -2.40. The number of amides is 2. The van der Waals surface area contributed by atoms with Gasteiger partial charge in [0, 0.05) is 31.5 Å². The van der Waals surface area contributed by atoms with Crippen LogP contribution in [0.4, 0.5) is 0 Å². The highest BCUT2D eigenvalue weighted by Gasteiger charge is 2.40. The number of benzene rings is 1. The summed E-state index contributed by atoms with van der Waals surface area (Å²) in [5.41, 5.74) is 1.80.